The van der Waals surface area contributed by atoms with Gasteiger partial charge in [0.2, 0.25) is 6.35 Å². The highest BCUT2D eigenvalue weighted by Gasteiger charge is 2.48. The van der Waals surface area contributed by atoms with E-state index in [0.29, 0.717) is 5.57 Å². The standard InChI is InChI=1S/C10H14N2O4/c1-5-3-12-8-2-6(7(4-13)15-8)16-10(12)11-9(5)14/h3,6-8,10,13H,2,4H2,1H3,(H,11,14). The normalized spacial score (nSPS) is 41.5. The first-order chi connectivity index (χ1) is 7.69. The summed E-state index contributed by atoms with van der Waals surface area (Å²) in [5, 5.41) is 11.9. The first kappa shape index (κ1) is 10.1. The zero-order valence-corrected chi connectivity index (χ0v) is 8.92. The summed E-state index contributed by atoms with van der Waals surface area (Å²) in [5.41, 5.74) is 0.634. The highest BCUT2D eigenvalue weighted by atomic mass is 16.6. The second kappa shape index (κ2) is 3.44. The molecule has 0 spiro atoms. The van der Waals surface area contributed by atoms with Gasteiger partial charge in [-0.05, 0) is 6.92 Å². The molecule has 2 saturated heterocycles. The van der Waals surface area contributed by atoms with Crippen LogP contribution in [0.15, 0.2) is 11.8 Å². The molecule has 6 heteroatoms. The van der Waals surface area contributed by atoms with Gasteiger partial charge in [-0.1, -0.05) is 0 Å². The van der Waals surface area contributed by atoms with Crippen LogP contribution in [0.5, 0.6) is 0 Å². The number of aliphatic hydroxyl groups is 1. The van der Waals surface area contributed by atoms with Crippen molar-refractivity contribution in [3.05, 3.63) is 11.8 Å². The number of aliphatic hydroxyl groups excluding tert-OH is 1. The van der Waals surface area contributed by atoms with E-state index in [2.05, 4.69) is 5.32 Å². The molecule has 16 heavy (non-hydrogen) atoms. The molecule has 2 bridgehead atoms. The van der Waals surface area contributed by atoms with Crippen molar-refractivity contribution >= 4 is 5.91 Å². The summed E-state index contributed by atoms with van der Waals surface area (Å²) in [5.74, 6) is -0.122. The second-order valence-electron chi connectivity index (χ2n) is 4.31. The highest BCUT2D eigenvalue weighted by molar-refractivity contribution is 5.93. The quantitative estimate of drug-likeness (QED) is 0.607. The summed E-state index contributed by atoms with van der Waals surface area (Å²) >= 11 is 0. The molecule has 88 valence electrons. The molecule has 0 radical (unpaired) electrons. The molecular formula is C10H14N2O4. The Kier molecular flexibility index (Phi) is 2.17. The number of amides is 1. The molecule has 1 amide bonds. The van der Waals surface area contributed by atoms with Gasteiger partial charge >= 0.3 is 0 Å². The lowest BCUT2D eigenvalue weighted by molar-refractivity contribution is -0.163. The Labute approximate surface area is 92.8 Å². The SMILES string of the molecule is CC1=CN2C3CC(OC2NC1=O)C(CO)O3. The predicted octanol–water partition coefficient (Wildman–Crippen LogP) is -0.888. The molecule has 4 atom stereocenters. The Bertz CT molecular complexity index is 357. The molecule has 6 nitrogen and oxygen atoms in total. The van der Waals surface area contributed by atoms with Crippen LogP contribution < -0.4 is 5.32 Å². The van der Waals surface area contributed by atoms with Crippen LogP contribution in [-0.4, -0.2) is 47.3 Å². The summed E-state index contributed by atoms with van der Waals surface area (Å²) in [6, 6.07) is 0. The molecule has 3 heterocycles. The molecule has 0 saturated carbocycles. The van der Waals surface area contributed by atoms with E-state index in [9.17, 15) is 4.79 Å². The van der Waals surface area contributed by atoms with Gasteiger partial charge < -0.3 is 24.8 Å². The van der Waals surface area contributed by atoms with E-state index in [0.717, 1.165) is 6.42 Å². The fourth-order valence-corrected chi connectivity index (χ4v) is 2.35. The molecule has 0 aliphatic carbocycles. The minimum absolute atomic E-state index is 0.0572. The maximum Gasteiger partial charge on any atom is 0.251 e. The van der Waals surface area contributed by atoms with E-state index in [1.165, 1.54) is 0 Å². The van der Waals surface area contributed by atoms with Gasteiger partial charge in [-0.25, -0.2) is 0 Å². The first-order valence-corrected chi connectivity index (χ1v) is 5.37. The Morgan fingerprint density at radius 1 is 1.62 bits per heavy atom. The molecule has 0 aromatic heterocycles. The summed E-state index contributed by atoms with van der Waals surface area (Å²) < 4.78 is 11.3. The van der Waals surface area contributed by atoms with Crippen molar-refractivity contribution in [3.8, 4) is 0 Å². The lowest BCUT2D eigenvalue weighted by Crippen LogP contribution is -2.58. The van der Waals surface area contributed by atoms with E-state index in [1.807, 2.05) is 4.90 Å². The Morgan fingerprint density at radius 2 is 2.44 bits per heavy atom. The summed E-state index contributed by atoms with van der Waals surface area (Å²) in [7, 11) is 0. The van der Waals surface area contributed by atoms with Crippen molar-refractivity contribution < 1.29 is 19.4 Å². The van der Waals surface area contributed by atoms with Gasteiger partial charge in [-0.3, -0.25) is 4.79 Å². The molecule has 3 aliphatic heterocycles. The fourth-order valence-electron chi connectivity index (χ4n) is 2.35. The first-order valence-electron chi connectivity index (χ1n) is 5.37. The number of hydrogen-bond acceptors (Lipinski definition) is 5. The number of nitrogens with zero attached hydrogens (tertiary/aromatic N) is 1. The van der Waals surface area contributed by atoms with Crippen LogP contribution in [0.3, 0.4) is 0 Å². The minimum Gasteiger partial charge on any atom is -0.394 e. The van der Waals surface area contributed by atoms with Gasteiger partial charge in [0.25, 0.3) is 5.91 Å². The van der Waals surface area contributed by atoms with Crippen LogP contribution in [0.25, 0.3) is 0 Å². The van der Waals surface area contributed by atoms with E-state index < -0.39 is 6.35 Å². The number of ether oxygens (including phenoxy) is 2. The van der Waals surface area contributed by atoms with Crippen molar-refractivity contribution in [1.29, 1.82) is 0 Å². The van der Waals surface area contributed by atoms with E-state index in [-0.39, 0.29) is 30.9 Å². The minimum atomic E-state index is -0.462. The van der Waals surface area contributed by atoms with Crippen molar-refractivity contribution in [2.75, 3.05) is 6.61 Å². The number of hydrogen-bond donors (Lipinski definition) is 2. The predicted molar refractivity (Wildman–Crippen MR) is 52.8 cm³/mol. The summed E-state index contributed by atoms with van der Waals surface area (Å²) in [4.78, 5) is 13.3. The Balaban J connectivity index is 1.86. The third-order valence-corrected chi connectivity index (χ3v) is 3.22. The van der Waals surface area contributed by atoms with Crippen LogP contribution in [0.2, 0.25) is 0 Å². The smallest absolute Gasteiger partial charge is 0.251 e. The average molecular weight is 226 g/mol. The number of carbonyl (C=O) groups is 1. The van der Waals surface area contributed by atoms with Gasteiger partial charge in [0, 0.05) is 18.2 Å². The molecule has 2 fully saturated rings. The topological polar surface area (TPSA) is 71.0 Å². The number of carbonyl (C=O) groups excluding carboxylic acids is 1. The van der Waals surface area contributed by atoms with Gasteiger partial charge in [0.05, 0.1) is 12.7 Å². The zero-order chi connectivity index (χ0) is 11.3. The van der Waals surface area contributed by atoms with Gasteiger partial charge in [0.15, 0.2) is 0 Å². The zero-order valence-electron chi connectivity index (χ0n) is 8.92. The molecule has 4 unspecified atom stereocenters. The summed E-state index contributed by atoms with van der Waals surface area (Å²) in [6.45, 7) is 1.69. The van der Waals surface area contributed by atoms with Crippen LogP contribution in [0, 0.1) is 0 Å². The highest BCUT2D eigenvalue weighted by Crippen LogP contribution is 2.34. The van der Waals surface area contributed by atoms with Gasteiger partial charge in [0.1, 0.15) is 12.3 Å². The van der Waals surface area contributed by atoms with Crippen LogP contribution in [-0.2, 0) is 14.3 Å². The largest absolute Gasteiger partial charge is 0.394 e. The number of rotatable bonds is 1. The molecule has 2 N–H and O–H groups in total. The molecular weight excluding hydrogens is 212 g/mol. The van der Waals surface area contributed by atoms with E-state index >= 15 is 0 Å². The maximum absolute atomic E-state index is 11.5. The maximum atomic E-state index is 11.5. The monoisotopic (exact) mass is 226 g/mol. The number of nitrogens with one attached hydrogen (secondary N) is 1. The van der Waals surface area contributed by atoms with Gasteiger partial charge in [-0.15, -0.1) is 0 Å². The third-order valence-electron chi connectivity index (χ3n) is 3.22. The van der Waals surface area contributed by atoms with Crippen LogP contribution in [0.1, 0.15) is 13.3 Å². The lowest BCUT2D eigenvalue weighted by atomic mass is 10.1. The van der Waals surface area contributed by atoms with Gasteiger partial charge in [-0.2, -0.15) is 0 Å². The Hall–Kier alpha value is -1.11. The van der Waals surface area contributed by atoms with Crippen LogP contribution >= 0.6 is 0 Å². The molecule has 3 aliphatic rings. The molecule has 3 rings (SSSR count). The van der Waals surface area contributed by atoms with E-state index in [4.69, 9.17) is 14.6 Å². The molecule has 0 aromatic rings. The lowest BCUT2D eigenvalue weighted by Gasteiger charge is -2.41. The van der Waals surface area contributed by atoms with E-state index in [1.54, 1.807) is 13.1 Å². The Morgan fingerprint density at radius 3 is 3.19 bits per heavy atom. The number of fused-ring (bicyclic) bond motifs is 4. The third kappa shape index (κ3) is 1.34. The van der Waals surface area contributed by atoms with Crippen molar-refractivity contribution in [2.24, 2.45) is 0 Å². The second-order valence-corrected chi connectivity index (χ2v) is 4.31. The molecule has 0 aromatic carbocycles. The van der Waals surface area contributed by atoms with Crippen molar-refractivity contribution in [1.82, 2.24) is 10.2 Å². The van der Waals surface area contributed by atoms with Crippen LogP contribution in [0.4, 0.5) is 0 Å². The van der Waals surface area contributed by atoms with Crippen molar-refractivity contribution in [3.63, 3.8) is 0 Å². The summed E-state index contributed by atoms with van der Waals surface area (Å²) in [6.07, 6.45) is 1.48. The van der Waals surface area contributed by atoms with Crippen molar-refractivity contribution in [2.45, 2.75) is 38.1 Å². The average Bonchev–Trinajstić information content (AvgIpc) is 2.60. The fraction of sp³-hybridized carbons (Fsp3) is 0.700.